The van der Waals surface area contributed by atoms with Crippen LogP contribution in [0.15, 0.2) is 78.9 Å². The van der Waals surface area contributed by atoms with Crippen LogP contribution in [0.25, 0.3) is 22.3 Å². The highest BCUT2D eigenvalue weighted by Crippen LogP contribution is 2.35. The molecule has 0 aromatic heterocycles. The van der Waals surface area contributed by atoms with Gasteiger partial charge in [0.15, 0.2) is 17.4 Å². The molecular weight excluding hydrogens is 440 g/mol. The van der Waals surface area contributed by atoms with Gasteiger partial charge in [0.25, 0.3) is 0 Å². The van der Waals surface area contributed by atoms with E-state index in [9.17, 15) is 17.6 Å². The van der Waals surface area contributed by atoms with Crippen molar-refractivity contribution in [2.75, 3.05) is 6.61 Å². The smallest absolute Gasteiger partial charge is 0.190 e. The molecule has 0 fully saturated rings. The van der Waals surface area contributed by atoms with Crippen molar-refractivity contribution in [2.24, 2.45) is 0 Å². The average Bonchev–Trinajstić information content (AvgIpc) is 2.82. The molecular formula is C29H24F4O. The van der Waals surface area contributed by atoms with Crippen LogP contribution < -0.4 is 4.74 Å². The van der Waals surface area contributed by atoms with Gasteiger partial charge in [-0.05, 0) is 71.3 Å². The van der Waals surface area contributed by atoms with Crippen molar-refractivity contribution in [1.29, 1.82) is 0 Å². The van der Waals surface area contributed by atoms with Gasteiger partial charge in [-0.1, -0.05) is 61.5 Å². The molecule has 0 aliphatic rings. The predicted molar refractivity (Wildman–Crippen MR) is 127 cm³/mol. The summed E-state index contributed by atoms with van der Waals surface area (Å²) >= 11 is 0. The summed E-state index contributed by atoms with van der Waals surface area (Å²) in [6, 6.07) is 21.8. The largest absolute Gasteiger partial charge is 0.488 e. The lowest BCUT2D eigenvalue weighted by atomic mass is 9.92. The Labute approximate surface area is 196 Å². The van der Waals surface area contributed by atoms with E-state index in [0.29, 0.717) is 17.0 Å². The molecule has 0 N–H and O–H groups in total. The minimum Gasteiger partial charge on any atom is -0.488 e. The lowest BCUT2D eigenvalue weighted by Crippen LogP contribution is -2.00. The summed E-state index contributed by atoms with van der Waals surface area (Å²) in [5.41, 5.74) is 2.62. The predicted octanol–water partition coefficient (Wildman–Crippen LogP) is 8.32. The van der Waals surface area contributed by atoms with E-state index >= 15 is 0 Å². The Morgan fingerprint density at radius 3 is 1.79 bits per heavy atom. The van der Waals surface area contributed by atoms with Crippen LogP contribution in [0, 0.1) is 23.3 Å². The van der Waals surface area contributed by atoms with E-state index in [2.05, 4.69) is 19.1 Å². The number of rotatable bonds is 7. The molecule has 0 spiro atoms. The van der Waals surface area contributed by atoms with Crippen molar-refractivity contribution in [2.45, 2.75) is 26.2 Å². The van der Waals surface area contributed by atoms with Gasteiger partial charge in [-0.2, -0.15) is 0 Å². The van der Waals surface area contributed by atoms with Crippen LogP contribution in [0.4, 0.5) is 17.6 Å². The number of hydrogen-bond acceptors (Lipinski definition) is 1. The fourth-order valence-corrected chi connectivity index (χ4v) is 4.09. The quantitative estimate of drug-likeness (QED) is 0.250. The highest BCUT2D eigenvalue weighted by Gasteiger charge is 2.19. The van der Waals surface area contributed by atoms with Gasteiger partial charge in [-0.15, -0.1) is 0 Å². The molecule has 0 heterocycles. The third-order valence-electron chi connectivity index (χ3n) is 5.82. The van der Waals surface area contributed by atoms with Gasteiger partial charge in [0.05, 0.1) is 12.2 Å². The lowest BCUT2D eigenvalue weighted by Gasteiger charge is -2.13. The maximum atomic E-state index is 14.9. The Balaban J connectivity index is 1.59. The Kier molecular flexibility index (Phi) is 7.01. The van der Waals surface area contributed by atoms with Crippen LogP contribution in [-0.2, 0) is 6.42 Å². The molecule has 1 atom stereocenters. The third kappa shape index (κ3) is 4.98. The second-order valence-corrected chi connectivity index (χ2v) is 8.23. The van der Waals surface area contributed by atoms with E-state index in [1.807, 2.05) is 42.5 Å². The molecule has 34 heavy (non-hydrogen) atoms. The molecule has 0 aliphatic carbocycles. The molecule has 0 amide bonds. The van der Waals surface area contributed by atoms with Gasteiger partial charge < -0.3 is 4.74 Å². The van der Waals surface area contributed by atoms with Gasteiger partial charge in [-0.25, -0.2) is 17.6 Å². The zero-order valence-electron chi connectivity index (χ0n) is 18.9. The molecule has 4 rings (SSSR count). The molecule has 174 valence electrons. The SMILES string of the molecule is CCOc1c(F)cc(-c2c(F)cc(-c3ccc(C[C@@H](C)c4ccccc4)cc3)cc2F)cc1F. The first kappa shape index (κ1) is 23.6. The summed E-state index contributed by atoms with van der Waals surface area (Å²) in [5.74, 6) is -4.07. The van der Waals surface area contributed by atoms with Crippen molar-refractivity contribution in [3.05, 3.63) is 113 Å². The van der Waals surface area contributed by atoms with Crippen LogP contribution >= 0.6 is 0 Å². The second-order valence-electron chi connectivity index (χ2n) is 8.23. The molecule has 0 aliphatic heterocycles. The first-order valence-electron chi connectivity index (χ1n) is 11.1. The maximum Gasteiger partial charge on any atom is 0.190 e. The summed E-state index contributed by atoms with van der Waals surface area (Å²) in [6.45, 7) is 3.80. The Morgan fingerprint density at radius 1 is 0.676 bits per heavy atom. The molecule has 5 heteroatoms. The molecule has 0 saturated heterocycles. The number of benzene rings is 4. The molecule has 0 unspecified atom stereocenters. The first-order valence-corrected chi connectivity index (χ1v) is 11.1. The van der Waals surface area contributed by atoms with E-state index in [1.165, 1.54) is 17.7 Å². The van der Waals surface area contributed by atoms with Gasteiger partial charge in [0, 0.05) is 0 Å². The minimum atomic E-state index is -1.01. The van der Waals surface area contributed by atoms with Crippen LogP contribution in [0.3, 0.4) is 0 Å². The summed E-state index contributed by atoms with van der Waals surface area (Å²) in [7, 11) is 0. The van der Waals surface area contributed by atoms with Crippen molar-refractivity contribution >= 4 is 0 Å². The number of hydrogen-bond donors (Lipinski definition) is 0. The Bertz CT molecular complexity index is 1240. The summed E-state index contributed by atoms with van der Waals surface area (Å²) in [4.78, 5) is 0. The monoisotopic (exact) mass is 464 g/mol. The van der Waals surface area contributed by atoms with Crippen molar-refractivity contribution in [3.63, 3.8) is 0 Å². The zero-order valence-corrected chi connectivity index (χ0v) is 18.9. The number of halogens is 4. The van der Waals surface area contributed by atoms with E-state index < -0.39 is 34.6 Å². The fourth-order valence-electron chi connectivity index (χ4n) is 4.09. The van der Waals surface area contributed by atoms with Gasteiger partial charge >= 0.3 is 0 Å². The third-order valence-corrected chi connectivity index (χ3v) is 5.82. The van der Waals surface area contributed by atoms with Gasteiger partial charge in [-0.3, -0.25) is 0 Å². The average molecular weight is 465 g/mol. The van der Waals surface area contributed by atoms with E-state index in [4.69, 9.17) is 4.74 Å². The highest BCUT2D eigenvalue weighted by atomic mass is 19.1. The fraction of sp³-hybridized carbons (Fsp3) is 0.172. The molecule has 0 saturated carbocycles. The number of ether oxygens (including phenoxy) is 1. The van der Waals surface area contributed by atoms with E-state index in [1.54, 1.807) is 6.92 Å². The normalized spacial score (nSPS) is 11.9. The summed E-state index contributed by atoms with van der Waals surface area (Å²) in [6.07, 6.45) is 0.834. The molecule has 4 aromatic carbocycles. The zero-order chi connectivity index (χ0) is 24.2. The van der Waals surface area contributed by atoms with Crippen LogP contribution in [-0.4, -0.2) is 6.61 Å². The highest BCUT2D eigenvalue weighted by molar-refractivity contribution is 5.72. The van der Waals surface area contributed by atoms with Crippen molar-refractivity contribution in [3.8, 4) is 28.0 Å². The van der Waals surface area contributed by atoms with Crippen molar-refractivity contribution < 1.29 is 22.3 Å². The standard InChI is InChI=1S/C29H24F4O/c1-3-34-29-26(32)16-23(17-27(29)33)28-24(30)14-22(15-25(28)31)21-11-9-19(10-12-21)13-18(2)20-7-5-4-6-8-20/h4-12,14-18H,3,13H2,1-2H3/t18-/m1/s1. The van der Waals surface area contributed by atoms with Crippen molar-refractivity contribution in [1.82, 2.24) is 0 Å². The minimum absolute atomic E-state index is 0.0641. The molecule has 0 radical (unpaired) electrons. The topological polar surface area (TPSA) is 9.23 Å². The van der Waals surface area contributed by atoms with Crippen LogP contribution in [0.5, 0.6) is 5.75 Å². The van der Waals surface area contributed by atoms with Gasteiger partial charge in [0.1, 0.15) is 11.6 Å². The Morgan fingerprint density at radius 2 is 1.24 bits per heavy atom. The molecule has 4 aromatic rings. The second kappa shape index (κ2) is 10.1. The molecule has 1 nitrogen and oxygen atoms in total. The maximum absolute atomic E-state index is 14.9. The summed E-state index contributed by atoms with van der Waals surface area (Å²) < 4.78 is 63.2. The molecule has 0 bridgehead atoms. The van der Waals surface area contributed by atoms with E-state index in [0.717, 1.165) is 24.1 Å². The van der Waals surface area contributed by atoms with Gasteiger partial charge in [0.2, 0.25) is 0 Å². The van der Waals surface area contributed by atoms with E-state index in [-0.39, 0.29) is 12.2 Å². The van der Waals surface area contributed by atoms with Crippen LogP contribution in [0.1, 0.15) is 30.9 Å². The summed E-state index contributed by atoms with van der Waals surface area (Å²) in [5, 5.41) is 0. The Hall–Kier alpha value is -3.60. The van der Waals surface area contributed by atoms with Crippen LogP contribution in [0.2, 0.25) is 0 Å². The lowest BCUT2D eigenvalue weighted by molar-refractivity contribution is 0.303. The first-order chi connectivity index (χ1) is 16.4.